The molecule has 9 heteroatoms. The van der Waals surface area contributed by atoms with Crippen molar-refractivity contribution in [3.05, 3.63) is 105 Å². The van der Waals surface area contributed by atoms with E-state index in [4.69, 9.17) is 25.2 Å². The summed E-state index contributed by atoms with van der Waals surface area (Å²) in [6.45, 7) is -0.593. The van der Waals surface area contributed by atoms with Gasteiger partial charge in [0.2, 0.25) is 5.76 Å². The van der Waals surface area contributed by atoms with E-state index in [9.17, 15) is 14.4 Å². The summed E-state index contributed by atoms with van der Waals surface area (Å²) in [6, 6.07) is 17.7. The number of benzene rings is 2. The van der Waals surface area contributed by atoms with Crippen LogP contribution in [0.25, 0.3) is 11.0 Å². The highest BCUT2D eigenvalue weighted by molar-refractivity contribution is 6.30. The van der Waals surface area contributed by atoms with Crippen LogP contribution in [0.3, 0.4) is 0 Å². The standard InChI is InChI=1S/C25H17ClN2O6/c26-16-9-7-15(8-10-16)18-12-19(22-6-3-11-32-22)28(27-18)24(30)14-33-25(31)23-13-20(29)17-4-1-2-5-21(17)34-23/h1-11,13,19H,12,14H2/t19-/m0/s1. The van der Waals surface area contributed by atoms with Gasteiger partial charge in [-0.05, 0) is 42.0 Å². The van der Waals surface area contributed by atoms with E-state index in [1.807, 2.05) is 12.1 Å². The summed E-state index contributed by atoms with van der Waals surface area (Å²) in [5, 5.41) is 6.64. The van der Waals surface area contributed by atoms with E-state index in [2.05, 4.69) is 5.10 Å². The summed E-state index contributed by atoms with van der Waals surface area (Å²) in [6.07, 6.45) is 1.93. The van der Waals surface area contributed by atoms with Crippen molar-refractivity contribution in [1.82, 2.24) is 5.01 Å². The third-order valence-electron chi connectivity index (χ3n) is 5.38. The Balaban J connectivity index is 1.35. The maximum Gasteiger partial charge on any atom is 0.374 e. The average Bonchev–Trinajstić information content (AvgIpc) is 3.53. The molecule has 0 fully saturated rings. The van der Waals surface area contributed by atoms with Crippen molar-refractivity contribution in [3.63, 3.8) is 0 Å². The molecule has 8 nitrogen and oxygen atoms in total. The molecular weight excluding hydrogens is 460 g/mol. The first kappa shape index (κ1) is 21.7. The SMILES string of the molecule is O=C(OCC(=O)N1N=C(c2ccc(Cl)cc2)C[C@H]1c1ccco1)c1cc(=O)c2ccccc2o1. The fourth-order valence-corrected chi connectivity index (χ4v) is 3.85. The number of hydrogen-bond donors (Lipinski definition) is 0. The number of rotatable bonds is 5. The maximum absolute atomic E-state index is 13.0. The number of carbonyl (C=O) groups excluding carboxylic acids is 2. The number of ether oxygens (including phenoxy) is 1. The lowest BCUT2D eigenvalue weighted by atomic mass is 10.0. The highest BCUT2D eigenvalue weighted by atomic mass is 35.5. The minimum absolute atomic E-state index is 0.253. The van der Waals surface area contributed by atoms with Gasteiger partial charge in [-0.3, -0.25) is 9.59 Å². The van der Waals surface area contributed by atoms with Crippen LogP contribution in [0.1, 0.15) is 34.3 Å². The van der Waals surface area contributed by atoms with Gasteiger partial charge in [-0.25, -0.2) is 9.80 Å². The zero-order chi connectivity index (χ0) is 23.7. The molecule has 0 N–H and O–H groups in total. The smallest absolute Gasteiger partial charge is 0.374 e. The molecule has 1 amide bonds. The van der Waals surface area contributed by atoms with Gasteiger partial charge in [0.15, 0.2) is 12.0 Å². The highest BCUT2D eigenvalue weighted by Gasteiger charge is 2.35. The van der Waals surface area contributed by atoms with Crippen molar-refractivity contribution < 1.29 is 23.2 Å². The van der Waals surface area contributed by atoms with Gasteiger partial charge in [0.1, 0.15) is 17.4 Å². The zero-order valence-corrected chi connectivity index (χ0v) is 18.4. The molecule has 2 aromatic heterocycles. The quantitative estimate of drug-likeness (QED) is 0.391. The molecule has 1 aliphatic heterocycles. The number of furan rings is 1. The van der Waals surface area contributed by atoms with Crippen LogP contribution in [0.2, 0.25) is 5.02 Å². The molecule has 3 heterocycles. The fourth-order valence-electron chi connectivity index (χ4n) is 3.73. The van der Waals surface area contributed by atoms with E-state index in [0.29, 0.717) is 28.3 Å². The number of esters is 1. The van der Waals surface area contributed by atoms with E-state index >= 15 is 0 Å². The number of fused-ring (bicyclic) bond motifs is 1. The number of halogens is 1. The monoisotopic (exact) mass is 476 g/mol. The van der Waals surface area contributed by atoms with E-state index < -0.39 is 24.5 Å². The molecule has 0 radical (unpaired) electrons. The van der Waals surface area contributed by atoms with Crippen LogP contribution < -0.4 is 5.43 Å². The predicted molar refractivity (Wildman–Crippen MR) is 124 cm³/mol. The maximum atomic E-state index is 13.0. The minimum Gasteiger partial charge on any atom is -0.467 e. The molecule has 34 heavy (non-hydrogen) atoms. The van der Waals surface area contributed by atoms with Crippen molar-refractivity contribution in [1.29, 1.82) is 0 Å². The molecule has 2 aromatic carbocycles. The summed E-state index contributed by atoms with van der Waals surface area (Å²) in [4.78, 5) is 37.7. The Bertz CT molecular complexity index is 1460. The second-order valence-corrected chi connectivity index (χ2v) is 8.01. The van der Waals surface area contributed by atoms with Crippen LogP contribution in [0.4, 0.5) is 0 Å². The Morgan fingerprint density at radius 1 is 1.09 bits per heavy atom. The summed E-state index contributed by atoms with van der Waals surface area (Å²) < 4.78 is 16.1. The second-order valence-electron chi connectivity index (χ2n) is 7.57. The highest BCUT2D eigenvalue weighted by Crippen LogP contribution is 2.33. The van der Waals surface area contributed by atoms with E-state index in [1.165, 1.54) is 11.3 Å². The first-order valence-corrected chi connectivity index (χ1v) is 10.8. The van der Waals surface area contributed by atoms with Crippen LogP contribution in [-0.4, -0.2) is 29.2 Å². The van der Waals surface area contributed by atoms with Crippen molar-refractivity contribution in [2.45, 2.75) is 12.5 Å². The number of hydrazone groups is 1. The lowest BCUT2D eigenvalue weighted by Gasteiger charge is -2.19. The first-order chi connectivity index (χ1) is 16.5. The lowest BCUT2D eigenvalue weighted by Crippen LogP contribution is -2.31. The van der Waals surface area contributed by atoms with Gasteiger partial charge in [-0.2, -0.15) is 5.10 Å². The van der Waals surface area contributed by atoms with Crippen molar-refractivity contribution in [2.24, 2.45) is 5.10 Å². The predicted octanol–water partition coefficient (Wildman–Crippen LogP) is 4.57. The molecule has 0 saturated heterocycles. The fraction of sp³-hybridized carbons (Fsp3) is 0.120. The number of nitrogens with zero attached hydrogens (tertiary/aromatic N) is 2. The van der Waals surface area contributed by atoms with Gasteiger partial charge in [0.05, 0.1) is 17.4 Å². The van der Waals surface area contributed by atoms with Crippen LogP contribution in [-0.2, 0) is 9.53 Å². The molecule has 0 aliphatic carbocycles. The summed E-state index contributed by atoms with van der Waals surface area (Å²) in [5.41, 5.74) is 1.35. The number of amides is 1. The normalized spacial score (nSPS) is 15.4. The molecule has 170 valence electrons. The zero-order valence-electron chi connectivity index (χ0n) is 17.6. The Hall–Kier alpha value is -4.17. The topological polar surface area (TPSA) is 102 Å². The third kappa shape index (κ3) is 4.23. The molecule has 0 unspecified atom stereocenters. The Morgan fingerprint density at radius 2 is 1.88 bits per heavy atom. The van der Waals surface area contributed by atoms with Gasteiger partial charge >= 0.3 is 5.97 Å². The van der Waals surface area contributed by atoms with E-state index in [-0.39, 0.29) is 16.8 Å². The average molecular weight is 477 g/mol. The molecule has 5 rings (SSSR count). The van der Waals surface area contributed by atoms with Crippen LogP contribution in [0.15, 0.2) is 91.7 Å². The van der Waals surface area contributed by atoms with Crippen molar-refractivity contribution in [3.8, 4) is 0 Å². The minimum atomic E-state index is -0.924. The van der Waals surface area contributed by atoms with E-state index in [0.717, 1.165) is 11.6 Å². The molecule has 0 spiro atoms. The number of carbonyl (C=O) groups is 2. The largest absolute Gasteiger partial charge is 0.467 e. The third-order valence-corrected chi connectivity index (χ3v) is 5.63. The molecule has 0 saturated carbocycles. The molecule has 0 bridgehead atoms. The molecule has 1 atom stereocenters. The van der Waals surface area contributed by atoms with Crippen LogP contribution in [0, 0.1) is 0 Å². The van der Waals surface area contributed by atoms with Gasteiger partial charge in [-0.1, -0.05) is 35.9 Å². The second kappa shape index (κ2) is 8.99. The van der Waals surface area contributed by atoms with Crippen molar-refractivity contribution >= 4 is 40.2 Å². The van der Waals surface area contributed by atoms with Gasteiger partial charge in [-0.15, -0.1) is 0 Å². The summed E-state index contributed by atoms with van der Waals surface area (Å²) in [5.74, 6) is -1.22. The van der Waals surface area contributed by atoms with Gasteiger partial charge in [0, 0.05) is 17.5 Å². The van der Waals surface area contributed by atoms with Crippen LogP contribution in [0.5, 0.6) is 0 Å². The number of hydrogen-bond acceptors (Lipinski definition) is 7. The Morgan fingerprint density at radius 3 is 2.65 bits per heavy atom. The summed E-state index contributed by atoms with van der Waals surface area (Å²) in [7, 11) is 0. The number of para-hydroxylation sites is 1. The summed E-state index contributed by atoms with van der Waals surface area (Å²) >= 11 is 5.98. The molecule has 1 aliphatic rings. The first-order valence-electron chi connectivity index (χ1n) is 10.4. The van der Waals surface area contributed by atoms with E-state index in [1.54, 1.807) is 48.5 Å². The Labute approximate surface area is 198 Å². The molecule has 4 aromatic rings. The van der Waals surface area contributed by atoms with Gasteiger partial charge < -0.3 is 13.6 Å². The lowest BCUT2D eigenvalue weighted by molar-refractivity contribution is -0.136. The Kier molecular flexibility index (Phi) is 5.73. The molecular formula is C25H17ClN2O6. The van der Waals surface area contributed by atoms with Crippen molar-refractivity contribution in [2.75, 3.05) is 6.61 Å². The van der Waals surface area contributed by atoms with Gasteiger partial charge in [0.25, 0.3) is 5.91 Å². The van der Waals surface area contributed by atoms with Crippen LogP contribution >= 0.6 is 11.6 Å².